The summed E-state index contributed by atoms with van der Waals surface area (Å²) >= 11 is 14.6. The van der Waals surface area contributed by atoms with Crippen LogP contribution < -0.4 is 16.4 Å². The summed E-state index contributed by atoms with van der Waals surface area (Å²) in [7, 11) is 0. The lowest BCUT2D eigenvalue weighted by molar-refractivity contribution is -0.114. The Morgan fingerprint density at radius 2 is 1.73 bits per heavy atom. The van der Waals surface area contributed by atoms with Gasteiger partial charge in [-0.3, -0.25) is 4.79 Å². The Morgan fingerprint density at radius 1 is 1.08 bits per heavy atom. The van der Waals surface area contributed by atoms with Crippen molar-refractivity contribution in [3.05, 3.63) is 23.3 Å². The fraction of sp³-hybridized carbons (Fsp3) is 0.750. The molecule has 0 bridgehead atoms. The van der Waals surface area contributed by atoms with Crippen LogP contribution in [-0.2, 0) is 4.79 Å². The van der Waals surface area contributed by atoms with E-state index in [1.54, 1.807) is 0 Å². The van der Waals surface area contributed by atoms with Crippen molar-refractivity contribution >= 4 is 29.1 Å². The van der Waals surface area contributed by atoms with Gasteiger partial charge < -0.3 is 16.4 Å². The van der Waals surface area contributed by atoms with E-state index in [0.717, 1.165) is 70.3 Å². The molecule has 2 aliphatic heterocycles. The van der Waals surface area contributed by atoms with Crippen LogP contribution in [0.25, 0.3) is 0 Å². The summed E-state index contributed by atoms with van der Waals surface area (Å²) in [4.78, 5) is 10.8. The number of nitrogens with one attached hydrogen (secondary N) is 2. The Labute approximate surface area is 166 Å². The molecule has 26 heavy (non-hydrogen) atoms. The Morgan fingerprint density at radius 3 is 2.42 bits per heavy atom. The molecule has 3 aliphatic rings. The number of carbonyl (C=O) groups is 1. The number of rotatable bonds is 3. The van der Waals surface area contributed by atoms with Crippen molar-refractivity contribution in [1.82, 2.24) is 10.6 Å². The molecule has 4 nitrogen and oxygen atoms in total. The molecule has 6 heteroatoms. The highest BCUT2D eigenvalue weighted by Crippen LogP contribution is 2.56. The van der Waals surface area contributed by atoms with Gasteiger partial charge in [-0.25, -0.2) is 0 Å². The summed E-state index contributed by atoms with van der Waals surface area (Å²) in [6.07, 6.45) is 9.79. The van der Waals surface area contributed by atoms with Gasteiger partial charge in [0.15, 0.2) is 0 Å². The maximum atomic E-state index is 12.3. The van der Waals surface area contributed by atoms with Gasteiger partial charge in [0, 0.05) is 5.57 Å². The monoisotopic (exact) mass is 399 g/mol. The molecule has 0 radical (unpaired) electrons. The Kier molecular flexibility index (Phi) is 6.38. The van der Waals surface area contributed by atoms with Crippen molar-refractivity contribution in [2.45, 2.75) is 55.2 Å². The van der Waals surface area contributed by atoms with Crippen LogP contribution in [0, 0.1) is 11.8 Å². The zero-order chi connectivity index (χ0) is 18.8. The molecule has 2 saturated heterocycles. The Bertz CT molecular complexity index is 586. The van der Waals surface area contributed by atoms with E-state index >= 15 is 0 Å². The van der Waals surface area contributed by atoms with E-state index in [2.05, 4.69) is 10.6 Å². The smallest absolute Gasteiger partial charge is 0.248 e. The molecule has 1 aliphatic carbocycles. The normalized spacial score (nSPS) is 39.3. The lowest BCUT2D eigenvalue weighted by atomic mass is 9.64. The Hall–Kier alpha value is -0.550. The fourth-order valence-electron chi connectivity index (χ4n) is 4.99. The minimum atomic E-state index is -0.783. The molecule has 146 valence electrons. The minimum absolute atomic E-state index is 0.215. The number of alkyl halides is 2. The second-order valence-corrected chi connectivity index (χ2v) is 9.45. The predicted octanol–water partition coefficient (Wildman–Crippen LogP) is 3.09. The predicted molar refractivity (Wildman–Crippen MR) is 109 cm³/mol. The molecule has 2 heterocycles. The van der Waals surface area contributed by atoms with Gasteiger partial charge >= 0.3 is 0 Å². The van der Waals surface area contributed by atoms with Gasteiger partial charge in [0.2, 0.25) is 5.91 Å². The van der Waals surface area contributed by atoms with Crippen molar-refractivity contribution in [2.24, 2.45) is 17.6 Å². The van der Waals surface area contributed by atoms with Crippen LogP contribution in [0.2, 0.25) is 0 Å². The van der Waals surface area contributed by atoms with Gasteiger partial charge in [-0.15, -0.1) is 23.2 Å². The van der Waals surface area contributed by atoms with Crippen LogP contribution >= 0.6 is 23.2 Å². The molecule has 4 unspecified atom stereocenters. The standard InChI is InChI=1S/C20H31Cl2N3O/c1-19(21)9-6-16(18(23)26)17(14-4-2-10-24-12-7-14)20(19,22)15-5-3-11-25-13-8-15/h6,9,14-15,24-25H,2-5,7-8,10-13H2,1H3,(H2,23,26). The van der Waals surface area contributed by atoms with Crippen molar-refractivity contribution in [1.29, 1.82) is 0 Å². The number of carbonyl (C=O) groups excluding carboxylic acids is 1. The first kappa shape index (κ1) is 20.2. The van der Waals surface area contributed by atoms with Crippen LogP contribution in [-0.4, -0.2) is 41.8 Å². The lowest BCUT2D eigenvalue weighted by Gasteiger charge is -2.50. The molecule has 3 rings (SSSR count). The van der Waals surface area contributed by atoms with E-state index in [4.69, 9.17) is 28.9 Å². The zero-order valence-electron chi connectivity index (χ0n) is 15.6. The highest BCUT2D eigenvalue weighted by Gasteiger charge is 2.56. The lowest BCUT2D eigenvalue weighted by Crippen LogP contribution is -2.54. The third kappa shape index (κ3) is 3.71. The first-order chi connectivity index (χ1) is 12.4. The van der Waals surface area contributed by atoms with E-state index in [0.29, 0.717) is 5.57 Å². The molecular formula is C20H31Cl2N3O. The van der Waals surface area contributed by atoms with Crippen molar-refractivity contribution in [3.8, 4) is 0 Å². The number of nitrogens with two attached hydrogens (primary N) is 1. The number of primary amides is 1. The third-order valence-electron chi connectivity index (χ3n) is 6.34. The van der Waals surface area contributed by atoms with Gasteiger partial charge in [-0.05, 0) is 89.0 Å². The molecule has 2 fully saturated rings. The molecule has 0 aromatic rings. The van der Waals surface area contributed by atoms with Crippen molar-refractivity contribution in [2.75, 3.05) is 26.2 Å². The first-order valence-corrected chi connectivity index (χ1v) is 10.7. The van der Waals surface area contributed by atoms with Crippen LogP contribution in [0.3, 0.4) is 0 Å². The fourth-order valence-corrected chi connectivity index (χ4v) is 5.84. The highest BCUT2D eigenvalue weighted by atomic mass is 35.5. The molecular weight excluding hydrogens is 369 g/mol. The summed E-state index contributed by atoms with van der Waals surface area (Å²) in [6.45, 7) is 5.87. The van der Waals surface area contributed by atoms with Crippen molar-refractivity contribution in [3.63, 3.8) is 0 Å². The van der Waals surface area contributed by atoms with E-state index < -0.39 is 15.7 Å². The van der Waals surface area contributed by atoms with Gasteiger partial charge in [0.25, 0.3) is 0 Å². The minimum Gasteiger partial charge on any atom is -0.366 e. The second-order valence-electron chi connectivity index (χ2n) is 8.07. The maximum Gasteiger partial charge on any atom is 0.248 e. The molecule has 0 aromatic heterocycles. The summed E-state index contributed by atoms with van der Waals surface area (Å²) in [5, 5.41) is 6.92. The third-order valence-corrected chi connectivity index (χ3v) is 7.77. The quantitative estimate of drug-likeness (QED) is 0.638. The summed E-state index contributed by atoms with van der Waals surface area (Å²) < 4.78 is 0. The maximum absolute atomic E-state index is 12.3. The van der Waals surface area contributed by atoms with Crippen LogP contribution in [0.1, 0.15) is 45.4 Å². The van der Waals surface area contributed by atoms with E-state index in [9.17, 15) is 4.79 Å². The van der Waals surface area contributed by atoms with Gasteiger partial charge in [-0.1, -0.05) is 12.2 Å². The zero-order valence-corrected chi connectivity index (χ0v) is 17.1. The van der Waals surface area contributed by atoms with Crippen molar-refractivity contribution < 1.29 is 4.79 Å². The van der Waals surface area contributed by atoms with Gasteiger partial charge in [-0.2, -0.15) is 0 Å². The SMILES string of the molecule is CC1(Cl)C=CC(C(N)=O)=C(C2CCCNCC2)C1(Cl)C1CCCNCC1. The number of hydrogen-bond acceptors (Lipinski definition) is 3. The molecule has 4 N–H and O–H groups in total. The van der Waals surface area contributed by atoms with Crippen LogP contribution in [0.4, 0.5) is 0 Å². The van der Waals surface area contributed by atoms with E-state index in [1.807, 2.05) is 19.1 Å². The number of allylic oxidation sites excluding steroid dienone is 2. The number of hydrogen-bond donors (Lipinski definition) is 3. The summed E-state index contributed by atoms with van der Waals surface area (Å²) in [6, 6.07) is 0. The van der Waals surface area contributed by atoms with Crippen LogP contribution in [0.15, 0.2) is 23.3 Å². The second kappa shape index (κ2) is 8.22. The number of amides is 1. The summed E-state index contributed by atoms with van der Waals surface area (Å²) in [5.74, 6) is 0.0637. The molecule has 0 saturated carbocycles. The topological polar surface area (TPSA) is 67.2 Å². The molecule has 4 atom stereocenters. The van der Waals surface area contributed by atoms with Gasteiger partial charge in [0.1, 0.15) is 0 Å². The highest BCUT2D eigenvalue weighted by molar-refractivity contribution is 6.38. The van der Waals surface area contributed by atoms with E-state index in [-0.39, 0.29) is 11.8 Å². The summed E-state index contributed by atoms with van der Waals surface area (Å²) in [5.41, 5.74) is 7.38. The first-order valence-electron chi connectivity index (χ1n) is 9.91. The largest absolute Gasteiger partial charge is 0.366 e. The van der Waals surface area contributed by atoms with Crippen LogP contribution in [0.5, 0.6) is 0 Å². The average Bonchev–Trinajstić information content (AvgIpc) is 3.01. The molecule has 0 aromatic carbocycles. The van der Waals surface area contributed by atoms with E-state index in [1.165, 1.54) is 0 Å². The van der Waals surface area contributed by atoms with Gasteiger partial charge in [0.05, 0.1) is 9.75 Å². The molecule has 0 spiro atoms. The average molecular weight is 400 g/mol. The molecule has 1 amide bonds. The number of halogens is 2. The Balaban J connectivity index is 2.11.